The number of rotatable bonds is 5. The van der Waals surface area contributed by atoms with Crippen molar-refractivity contribution in [2.45, 2.75) is 19.5 Å². The molecule has 1 unspecified atom stereocenters. The summed E-state index contributed by atoms with van der Waals surface area (Å²) in [5.74, 6) is -0.953. The lowest BCUT2D eigenvalue weighted by molar-refractivity contribution is -0.140. The van der Waals surface area contributed by atoms with Crippen LogP contribution in [0.4, 0.5) is 0 Å². The lowest BCUT2D eigenvalue weighted by atomic mass is 9.94. The first-order valence-corrected chi connectivity index (χ1v) is 9.73. The molecule has 0 radical (unpaired) electrons. The molecule has 1 amide bonds. The van der Waals surface area contributed by atoms with E-state index in [2.05, 4.69) is 9.97 Å². The minimum absolute atomic E-state index is 0.0542. The van der Waals surface area contributed by atoms with Crippen LogP contribution in [0.1, 0.15) is 28.3 Å². The van der Waals surface area contributed by atoms with Crippen molar-refractivity contribution in [3.63, 3.8) is 0 Å². The number of amides is 1. The number of Topliss-reactive ketones (excluding diaryl/α,β-unsaturated/α-hetero) is 1. The quantitative estimate of drug-likeness (QED) is 0.390. The van der Waals surface area contributed by atoms with Crippen LogP contribution in [0.3, 0.4) is 0 Å². The van der Waals surface area contributed by atoms with E-state index < -0.39 is 17.7 Å². The van der Waals surface area contributed by atoms with E-state index in [9.17, 15) is 14.7 Å². The molecule has 31 heavy (non-hydrogen) atoms. The molecule has 3 aromatic rings. The summed E-state index contributed by atoms with van der Waals surface area (Å²) in [6.45, 7) is 2.02. The van der Waals surface area contributed by atoms with Crippen LogP contribution in [0.25, 0.3) is 5.76 Å². The number of carbonyl (C=O) groups excluding carboxylic acids is 2. The minimum atomic E-state index is -0.738. The van der Waals surface area contributed by atoms with Crippen molar-refractivity contribution in [3.05, 3.63) is 95.1 Å². The Morgan fingerprint density at radius 3 is 2.29 bits per heavy atom. The SMILES string of the molecule is COc1ccc(/C(O)=C2/C(=O)C(=O)N(Cc3ccncc3)C2c2ccncc2)c(C)c1. The number of ketones is 1. The van der Waals surface area contributed by atoms with Crippen LogP contribution < -0.4 is 4.74 Å². The summed E-state index contributed by atoms with van der Waals surface area (Å²) in [6, 6.07) is 11.5. The Morgan fingerprint density at radius 2 is 1.68 bits per heavy atom. The molecular weight excluding hydrogens is 394 g/mol. The zero-order valence-corrected chi connectivity index (χ0v) is 17.1. The second kappa shape index (κ2) is 8.39. The van der Waals surface area contributed by atoms with Crippen molar-refractivity contribution in [3.8, 4) is 5.75 Å². The highest BCUT2D eigenvalue weighted by Gasteiger charge is 2.46. The highest BCUT2D eigenvalue weighted by Crippen LogP contribution is 2.40. The Kier molecular flexibility index (Phi) is 5.49. The van der Waals surface area contributed by atoms with Gasteiger partial charge in [-0.15, -0.1) is 0 Å². The Bertz CT molecular complexity index is 1160. The number of aromatic nitrogens is 2. The van der Waals surface area contributed by atoms with Gasteiger partial charge in [-0.05, 0) is 66.1 Å². The van der Waals surface area contributed by atoms with Gasteiger partial charge < -0.3 is 14.7 Å². The van der Waals surface area contributed by atoms with Gasteiger partial charge in [0.05, 0.1) is 18.7 Å². The molecule has 0 aliphatic carbocycles. The average Bonchev–Trinajstić information content (AvgIpc) is 3.04. The van der Waals surface area contributed by atoms with E-state index in [1.54, 1.807) is 74.4 Å². The number of pyridine rings is 2. The second-order valence-electron chi connectivity index (χ2n) is 7.24. The summed E-state index contributed by atoms with van der Waals surface area (Å²) >= 11 is 0. The van der Waals surface area contributed by atoms with Gasteiger partial charge >= 0.3 is 0 Å². The van der Waals surface area contributed by atoms with Crippen molar-refractivity contribution in [2.75, 3.05) is 7.11 Å². The number of hydrogen-bond donors (Lipinski definition) is 1. The monoisotopic (exact) mass is 415 g/mol. The fourth-order valence-electron chi connectivity index (χ4n) is 3.79. The summed E-state index contributed by atoms with van der Waals surface area (Å²) in [7, 11) is 1.56. The molecule has 1 N–H and O–H groups in total. The fourth-order valence-corrected chi connectivity index (χ4v) is 3.79. The van der Waals surface area contributed by atoms with Crippen LogP contribution in [-0.4, -0.2) is 38.8 Å². The molecule has 1 atom stereocenters. The lowest BCUT2D eigenvalue weighted by Gasteiger charge is -2.25. The van der Waals surface area contributed by atoms with Gasteiger partial charge in [-0.2, -0.15) is 0 Å². The normalized spacial score (nSPS) is 17.7. The standard InChI is InChI=1S/C24H21N3O4/c1-15-13-18(31-2)3-4-19(15)22(28)20-21(17-7-11-26-12-8-17)27(24(30)23(20)29)14-16-5-9-25-10-6-16/h3-13,21,28H,14H2,1-2H3/b22-20-. The van der Waals surface area contributed by atoms with Gasteiger partial charge in [-0.3, -0.25) is 19.6 Å². The van der Waals surface area contributed by atoms with E-state index in [-0.39, 0.29) is 17.9 Å². The van der Waals surface area contributed by atoms with Gasteiger partial charge in [0.25, 0.3) is 11.7 Å². The van der Waals surface area contributed by atoms with Crippen LogP contribution in [0.5, 0.6) is 5.75 Å². The third-order valence-corrected chi connectivity index (χ3v) is 5.35. The van der Waals surface area contributed by atoms with Gasteiger partial charge in [0.15, 0.2) is 0 Å². The Balaban J connectivity index is 1.86. The minimum Gasteiger partial charge on any atom is -0.507 e. The maximum absolute atomic E-state index is 13.1. The molecule has 1 aromatic carbocycles. The van der Waals surface area contributed by atoms with Crippen molar-refractivity contribution in [1.82, 2.24) is 14.9 Å². The van der Waals surface area contributed by atoms with Gasteiger partial charge in [0.2, 0.25) is 0 Å². The third-order valence-electron chi connectivity index (χ3n) is 5.35. The molecule has 3 heterocycles. The molecule has 0 saturated carbocycles. The van der Waals surface area contributed by atoms with E-state index in [4.69, 9.17) is 4.74 Å². The van der Waals surface area contributed by atoms with Crippen molar-refractivity contribution in [2.24, 2.45) is 0 Å². The number of hydrogen-bond acceptors (Lipinski definition) is 6. The van der Waals surface area contributed by atoms with E-state index in [1.165, 1.54) is 4.90 Å². The number of aryl methyl sites for hydroxylation is 1. The van der Waals surface area contributed by atoms with E-state index in [1.807, 2.05) is 6.92 Å². The first-order valence-electron chi connectivity index (χ1n) is 9.73. The van der Waals surface area contributed by atoms with E-state index in [0.29, 0.717) is 16.9 Å². The average molecular weight is 415 g/mol. The predicted octanol–water partition coefficient (Wildman–Crippen LogP) is 3.42. The molecular formula is C24H21N3O4. The van der Waals surface area contributed by atoms with Crippen molar-refractivity contribution >= 4 is 17.4 Å². The van der Waals surface area contributed by atoms with Crippen LogP contribution in [-0.2, 0) is 16.1 Å². The van der Waals surface area contributed by atoms with Gasteiger partial charge in [-0.1, -0.05) is 0 Å². The maximum atomic E-state index is 13.1. The first-order chi connectivity index (χ1) is 15.0. The summed E-state index contributed by atoms with van der Waals surface area (Å²) < 4.78 is 5.23. The van der Waals surface area contributed by atoms with Crippen LogP contribution in [0.2, 0.25) is 0 Å². The number of methoxy groups -OCH3 is 1. The molecule has 2 aromatic heterocycles. The number of aliphatic hydroxyl groups is 1. The molecule has 7 heteroatoms. The summed E-state index contributed by atoms with van der Waals surface area (Å²) in [5, 5.41) is 11.2. The summed E-state index contributed by atoms with van der Waals surface area (Å²) in [4.78, 5) is 35.6. The summed E-state index contributed by atoms with van der Waals surface area (Å²) in [5.41, 5.74) is 2.78. The van der Waals surface area contributed by atoms with Crippen molar-refractivity contribution < 1.29 is 19.4 Å². The first kappa shape index (κ1) is 20.3. The molecule has 4 rings (SSSR count). The molecule has 7 nitrogen and oxygen atoms in total. The zero-order valence-electron chi connectivity index (χ0n) is 17.1. The molecule has 1 saturated heterocycles. The van der Waals surface area contributed by atoms with Gasteiger partial charge in [0, 0.05) is 36.9 Å². The second-order valence-corrected chi connectivity index (χ2v) is 7.24. The molecule has 1 fully saturated rings. The number of benzene rings is 1. The third kappa shape index (κ3) is 3.77. The summed E-state index contributed by atoms with van der Waals surface area (Å²) in [6.07, 6.45) is 6.46. The van der Waals surface area contributed by atoms with Gasteiger partial charge in [-0.25, -0.2) is 0 Å². The number of nitrogens with zero attached hydrogens (tertiary/aromatic N) is 3. The molecule has 1 aliphatic rings. The highest BCUT2D eigenvalue weighted by molar-refractivity contribution is 6.46. The van der Waals surface area contributed by atoms with Gasteiger partial charge in [0.1, 0.15) is 11.5 Å². The number of carbonyl (C=O) groups is 2. The van der Waals surface area contributed by atoms with Crippen LogP contribution >= 0.6 is 0 Å². The molecule has 0 bridgehead atoms. The van der Waals surface area contributed by atoms with Crippen LogP contribution in [0.15, 0.2) is 72.8 Å². The topological polar surface area (TPSA) is 92.6 Å². The zero-order chi connectivity index (χ0) is 22.0. The lowest BCUT2D eigenvalue weighted by Crippen LogP contribution is -2.29. The Labute approximate surface area is 179 Å². The number of aliphatic hydroxyl groups excluding tert-OH is 1. The number of ether oxygens (including phenoxy) is 1. The molecule has 1 aliphatic heterocycles. The van der Waals surface area contributed by atoms with Crippen LogP contribution in [0, 0.1) is 6.92 Å². The van der Waals surface area contributed by atoms with E-state index in [0.717, 1.165) is 11.1 Å². The largest absolute Gasteiger partial charge is 0.507 e. The number of likely N-dealkylation sites (tertiary alicyclic amines) is 1. The Morgan fingerprint density at radius 1 is 1.03 bits per heavy atom. The van der Waals surface area contributed by atoms with Crippen molar-refractivity contribution in [1.29, 1.82) is 0 Å². The molecule has 156 valence electrons. The molecule has 0 spiro atoms. The maximum Gasteiger partial charge on any atom is 0.295 e. The fraction of sp³-hybridized carbons (Fsp3) is 0.167. The smallest absolute Gasteiger partial charge is 0.295 e. The highest BCUT2D eigenvalue weighted by atomic mass is 16.5. The predicted molar refractivity (Wildman–Crippen MR) is 114 cm³/mol. The Hall–Kier alpha value is -4.00. The van der Waals surface area contributed by atoms with E-state index >= 15 is 0 Å².